The summed E-state index contributed by atoms with van der Waals surface area (Å²) >= 11 is 0. The first-order chi connectivity index (χ1) is 9.13. The Hall–Kier alpha value is -2.76. The van der Waals surface area contributed by atoms with E-state index in [9.17, 15) is 9.59 Å². The van der Waals surface area contributed by atoms with Gasteiger partial charge in [-0.3, -0.25) is 4.79 Å². The van der Waals surface area contributed by atoms with Crippen LogP contribution in [0.5, 0.6) is 0 Å². The molecule has 0 fully saturated rings. The molecular formula is C13H11N3O3. The smallest absolute Gasteiger partial charge is 0.323 e. The number of furan rings is 1. The molecule has 0 bridgehead atoms. The fraction of sp³-hybridized carbons (Fsp3) is 0.0769. The lowest BCUT2D eigenvalue weighted by molar-refractivity contribution is 0.102. The minimum absolute atomic E-state index is 0.247. The monoisotopic (exact) mass is 257 g/mol. The summed E-state index contributed by atoms with van der Waals surface area (Å²) in [4.78, 5) is 28.4. The largest absolute Gasteiger partial charge is 0.469 e. The number of amides is 1. The number of aryl methyl sites for hydroxylation is 1. The third-order valence-electron chi connectivity index (χ3n) is 2.88. The molecule has 3 rings (SSSR count). The molecule has 2 heterocycles. The summed E-state index contributed by atoms with van der Waals surface area (Å²) in [5, 5.41) is 2.75. The number of aromatic nitrogens is 2. The third kappa shape index (κ3) is 2.03. The molecule has 0 unspecified atom stereocenters. The van der Waals surface area contributed by atoms with Gasteiger partial charge in [0.15, 0.2) is 0 Å². The first-order valence-electron chi connectivity index (χ1n) is 5.71. The van der Waals surface area contributed by atoms with Gasteiger partial charge in [0, 0.05) is 5.69 Å². The summed E-state index contributed by atoms with van der Waals surface area (Å²) in [5.74, 6) is 0.317. The van der Waals surface area contributed by atoms with Crippen molar-refractivity contribution in [3.63, 3.8) is 0 Å². The van der Waals surface area contributed by atoms with Crippen LogP contribution in [-0.4, -0.2) is 15.9 Å². The molecule has 19 heavy (non-hydrogen) atoms. The minimum Gasteiger partial charge on any atom is -0.469 e. The van der Waals surface area contributed by atoms with Gasteiger partial charge in [-0.1, -0.05) is 0 Å². The van der Waals surface area contributed by atoms with Crippen molar-refractivity contribution < 1.29 is 9.21 Å². The van der Waals surface area contributed by atoms with Crippen LogP contribution in [0.15, 0.2) is 39.7 Å². The third-order valence-corrected chi connectivity index (χ3v) is 2.88. The molecule has 0 spiro atoms. The van der Waals surface area contributed by atoms with E-state index in [1.165, 1.54) is 6.26 Å². The highest BCUT2D eigenvalue weighted by Crippen LogP contribution is 2.17. The molecule has 2 aromatic heterocycles. The number of carbonyl (C=O) groups is 1. The molecule has 0 radical (unpaired) electrons. The molecular weight excluding hydrogens is 246 g/mol. The lowest BCUT2D eigenvalue weighted by Crippen LogP contribution is -2.11. The number of anilines is 1. The van der Waals surface area contributed by atoms with Crippen molar-refractivity contribution in [3.8, 4) is 0 Å². The van der Waals surface area contributed by atoms with Crippen molar-refractivity contribution in [1.29, 1.82) is 0 Å². The zero-order valence-corrected chi connectivity index (χ0v) is 10.1. The van der Waals surface area contributed by atoms with Crippen LogP contribution in [0.4, 0.5) is 5.69 Å². The summed E-state index contributed by atoms with van der Waals surface area (Å²) in [5.41, 5.74) is 2.16. The number of H-pyrrole nitrogens is 2. The average molecular weight is 257 g/mol. The van der Waals surface area contributed by atoms with E-state index in [1.807, 2.05) is 0 Å². The number of hydrogen-bond donors (Lipinski definition) is 3. The van der Waals surface area contributed by atoms with E-state index in [4.69, 9.17) is 4.42 Å². The molecule has 0 atom stereocenters. The maximum atomic E-state index is 12.0. The molecule has 1 amide bonds. The highest BCUT2D eigenvalue weighted by molar-refractivity contribution is 6.05. The molecule has 0 aliphatic heterocycles. The van der Waals surface area contributed by atoms with Crippen molar-refractivity contribution in [2.75, 3.05) is 5.32 Å². The summed E-state index contributed by atoms with van der Waals surface area (Å²) in [7, 11) is 0. The van der Waals surface area contributed by atoms with Crippen molar-refractivity contribution >= 4 is 22.6 Å². The van der Waals surface area contributed by atoms with Crippen molar-refractivity contribution in [1.82, 2.24) is 9.97 Å². The van der Waals surface area contributed by atoms with E-state index in [0.717, 1.165) is 0 Å². The predicted molar refractivity (Wildman–Crippen MR) is 70.3 cm³/mol. The second kappa shape index (κ2) is 4.16. The number of benzene rings is 1. The zero-order valence-electron chi connectivity index (χ0n) is 10.1. The average Bonchev–Trinajstić information content (AvgIpc) is 2.93. The Kier molecular flexibility index (Phi) is 2.49. The van der Waals surface area contributed by atoms with Crippen LogP contribution in [0.2, 0.25) is 0 Å². The normalized spacial score (nSPS) is 10.8. The number of hydrogen-bond acceptors (Lipinski definition) is 3. The highest BCUT2D eigenvalue weighted by Gasteiger charge is 2.11. The van der Waals surface area contributed by atoms with Crippen molar-refractivity contribution in [2.24, 2.45) is 0 Å². The molecule has 3 aromatic rings. The van der Waals surface area contributed by atoms with E-state index >= 15 is 0 Å². The molecule has 3 N–H and O–H groups in total. The molecule has 0 saturated carbocycles. The van der Waals surface area contributed by atoms with Gasteiger partial charge in [0.2, 0.25) is 0 Å². The van der Waals surface area contributed by atoms with E-state index in [2.05, 4.69) is 15.3 Å². The number of rotatable bonds is 2. The number of imidazole rings is 1. The summed E-state index contributed by atoms with van der Waals surface area (Å²) in [6.45, 7) is 1.72. The quantitative estimate of drug-likeness (QED) is 0.655. The van der Waals surface area contributed by atoms with Crippen LogP contribution in [0, 0.1) is 6.92 Å². The molecule has 0 saturated heterocycles. The number of nitrogens with one attached hydrogen (secondary N) is 3. The fourth-order valence-corrected chi connectivity index (χ4v) is 1.93. The number of fused-ring (bicyclic) bond motifs is 1. The fourth-order valence-electron chi connectivity index (χ4n) is 1.93. The van der Waals surface area contributed by atoms with Gasteiger partial charge in [0.1, 0.15) is 5.76 Å². The van der Waals surface area contributed by atoms with Crippen LogP contribution in [0.1, 0.15) is 16.1 Å². The van der Waals surface area contributed by atoms with Gasteiger partial charge in [0.25, 0.3) is 5.91 Å². The van der Waals surface area contributed by atoms with E-state index in [-0.39, 0.29) is 11.6 Å². The zero-order chi connectivity index (χ0) is 13.4. The minimum atomic E-state index is -0.274. The first-order valence-corrected chi connectivity index (χ1v) is 5.71. The molecule has 0 aliphatic carbocycles. The Bertz CT molecular complexity index is 810. The van der Waals surface area contributed by atoms with Gasteiger partial charge in [-0.15, -0.1) is 0 Å². The van der Waals surface area contributed by atoms with Crippen LogP contribution in [-0.2, 0) is 0 Å². The number of aromatic amines is 2. The number of carbonyl (C=O) groups excluding carboxylic acids is 1. The Morgan fingerprint density at radius 3 is 2.74 bits per heavy atom. The van der Waals surface area contributed by atoms with Crippen LogP contribution in [0.3, 0.4) is 0 Å². The second-order valence-electron chi connectivity index (χ2n) is 4.18. The van der Waals surface area contributed by atoms with Gasteiger partial charge in [-0.05, 0) is 31.2 Å². The molecule has 96 valence electrons. The highest BCUT2D eigenvalue weighted by atomic mass is 16.3. The standard InChI is InChI=1S/C13H11N3O3/c1-7-9(4-5-19-7)12(17)14-8-2-3-10-11(6-8)16-13(18)15-10/h2-6H,1H3,(H,14,17)(H2,15,16,18). The lowest BCUT2D eigenvalue weighted by Gasteiger charge is -2.04. The van der Waals surface area contributed by atoms with Crippen LogP contribution >= 0.6 is 0 Å². The lowest BCUT2D eigenvalue weighted by atomic mass is 10.2. The van der Waals surface area contributed by atoms with Gasteiger partial charge < -0.3 is 19.7 Å². The van der Waals surface area contributed by atoms with Crippen molar-refractivity contribution in [2.45, 2.75) is 6.92 Å². The summed E-state index contributed by atoms with van der Waals surface area (Å²) in [6, 6.07) is 6.76. The Labute approximate surface area is 107 Å². The maximum absolute atomic E-state index is 12.0. The SMILES string of the molecule is Cc1occc1C(=O)Nc1ccc2[nH]c(=O)[nH]c2c1. The Morgan fingerprint density at radius 2 is 2.00 bits per heavy atom. The first kappa shape index (κ1) is 11.3. The van der Waals surface area contributed by atoms with E-state index < -0.39 is 0 Å². The molecule has 6 nitrogen and oxygen atoms in total. The molecule has 0 aliphatic rings. The van der Waals surface area contributed by atoms with Gasteiger partial charge >= 0.3 is 5.69 Å². The Balaban J connectivity index is 1.91. The summed E-state index contributed by atoms with van der Waals surface area (Å²) < 4.78 is 5.08. The van der Waals surface area contributed by atoms with Gasteiger partial charge in [-0.25, -0.2) is 4.79 Å². The van der Waals surface area contributed by atoms with Gasteiger partial charge in [-0.2, -0.15) is 0 Å². The maximum Gasteiger partial charge on any atom is 0.323 e. The van der Waals surface area contributed by atoms with Crippen molar-refractivity contribution in [3.05, 3.63) is 52.3 Å². The van der Waals surface area contributed by atoms with E-state index in [0.29, 0.717) is 28.0 Å². The summed E-state index contributed by atoms with van der Waals surface area (Å²) in [6.07, 6.45) is 1.47. The van der Waals surface area contributed by atoms with Gasteiger partial charge in [0.05, 0.1) is 22.9 Å². The van der Waals surface area contributed by atoms with E-state index in [1.54, 1.807) is 31.2 Å². The topological polar surface area (TPSA) is 90.9 Å². The molecule has 1 aromatic carbocycles. The predicted octanol–water partition coefficient (Wildman–Crippen LogP) is 2.01. The second-order valence-corrected chi connectivity index (χ2v) is 4.18. The Morgan fingerprint density at radius 1 is 1.21 bits per heavy atom. The van der Waals surface area contributed by atoms with Crippen LogP contribution < -0.4 is 11.0 Å². The van der Waals surface area contributed by atoms with Crippen LogP contribution in [0.25, 0.3) is 11.0 Å². The molecule has 6 heteroatoms.